The lowest BCUT2D eigenvalue weighted by Gasteiger charge is -2.55. The fourth-order valence-corrected chi connectivity index (χ4v) is 6.72. The van der Waals surface area contributed by atoms with Crippen molar-refractivity contribution in [2.24, 2.45) is 40.9 Å². The van der Waals surface area contributed by atoms with Crippen LogP contribution in [0, 0.1) is 40.9 Å². The highest BCUT2D eigenvalue weighted by atomic mass is 14.6. The Kier molecular flexibility index (Phi) is 3.09. The monoisotopic (exact) mass is 272 g/mol. The molecule has 0 aromatic carbocycles. The molecule has 20 heavy (non-hydrogen) atoms. The van der Waals surface area contributed by atoms with E-state index in [-0.39, 0.29) is 0 Å². The summed E-state index contributed by atoms with van der Waals surface area (Å²) < 4.78 is 0. The Bertz CT molecular complexity index is 420. The molecule has 0 spiro atoms. The zero-order valence-electron chi connectivity index (χ0n) is 13.7. The van der Waals surface area contributed by atoms with Crippen molar-refractivity contribution < 1.29 is 0 Å². The van der Waals surface area contributed by atoms with Crippen molar-refractivity contribution in [3.63, 3.8) is 0 Å². The normalized spacial score (nSPS) is 54.6. The van der Waals surface area contributed by atoms with Crippen LogP contribution in [0.3, 0.4) is 0 Å². The van der Waals surface area contributed by atoms with Crippen LogP contribution in [0.25, 0.3) is 0 Å². The molecule has 112 valence electrons. The van der Waals surface area contributed by atoms with Gasteiger partial charge in [0.2, 0.25) is 0 Å². The summed E-state index contributed by atoms with van der Waals surface area (Å²) in [6.45, 7) is 7.49. The Morgan fingerprint density at radius 2 is 1.80 bits per heavy atom. The van der Waals surface area contributed by atoms with Gasteiger partial charge in [0.05, 0.1) is 0 Å². The first-order valence-electron chi connectivity index (χ1n) is 9.25. The van der Waals surface area contributed by atoms with Gasteiger partial charge >= 0.3 is 0 Å². The molecular weight excluding hydrogens is 240 g/mol. The lowest BCUT2D eigenvalue weighted by atomic mass is 9.50. The molecule has 0 N–H and O–H groups in total. The average molecular weight is 272 g/mol. The highest BCUT2D eigenvalue weighted by molar-refractivity contribution is 5.22. The second-order valence-corrected chi connectivity index (χ2v) is 9.02. The van der Waals surface area contributed by atoms with Crippen LogP contribution in [0.1, 0.15) is 72.1 Å². The van der Waals surface area contributed by atoms with E-state index in [2.05, 4.69) is 26.8 Å². The summed E-state index contributed by atoms with van der Waals surface area (Å²) in [5, 5.41) is 0. The maximum atomic E-state index is 2.59. The highest BCUT2D eigenvalue weighted by Crippen LogP contribution is 2.61. The van der Waals surface area contributed by atoms with Crippen molar-refractivity contribution in [1.82, 2.24) is 0 Å². The summed E-state index contributed by atoms with van der Waals surface area (Å²) in [5.41, 5.74) is 2.30. The first-order chi connectivity index (χ1) is 9.58. The summed E-state index contributed by atoms with van der Waals surface area (Å²) >= 11 is 0. The van der Waals surface area contributed by atoms with Gasteiger partial charge in [-0.2, -0.15) is 0 Å². The molecule has 0 aliphatic heterocycles. The van der Waals surface area contributed by atoms with Crippen molar-refractivity contribution in [3.05, 3.63) is 11.6 Å². The summed E-state index contributed by atoms with van der Waals surface area (Å²) in [4.78, 5) is 0. The first kappa shape index (κ1) is 13.4. The fourth-order valence-electron chi connectivity index (χ4n) is 6.72. The van der Waals surface area contributed by atoms with Gasteiger partial charge in [-0.05, 0) is 92.8 Å². The number of hydrogen-bond acceptors (Lipinski definition) is 0. The van der Waals surface area contributed by atoms with Gasteiger partial charge in [-0.25, -0.2) is 0 Å². The van der Waals surface area contributed by atoms with Gasteiger partial charge in [-0.3, -0.25) is 0 Å². The maximum absolute atomic E-state index is 2.59. The van der Waals surface area contributed by atoms with E-state index < -0.39 is 0 Å². The van der Waals surface area contributed by atoms with E-state index in [0.717, 1.165) is 35.5 Å². The molecule has 0 unspecified atom stereocenters. The minimum Gasteiger partial charge on any atom is -0.0847 e. The summed E-state index contributed by atoms with van der Waals surface area (Å²) in [6.07, 6.45) is 14.8. The largest absolute Gasteiger partial charge is 0.0847 e. The van der Waals surface area contributed by atoms with Gasteiger partial charge in [0, 0.05) is 0 Å². The molecule has 0 bridgehead atoms. The van der Waals surface area contributed by atoms with E-state index in [1.165, 1.54) is 19.3 Å². The summed E-state index contributed by atoms with van der Waals surface area (Å²) in [6, 6.07) is 0. The van der Waals surface area contributed by atoms with Crippen LogP contribution in [0.4, 0.5) is 0 Å². The maximum Gasteiger partial charge on any atom is -0.00851 e. The van der Waals surface area contributed by atoms with Crippen LogP contribution in [-0.2, 0) is 0 Å². The van der Waals surface area contributed by atoms with Crippen LogP contribution >= 0.6 is 0 Å². The van der Waals surface area contributed by atoms with Crippen molar-refractivity contribution in [3.8, 4) is 0 Å². The number of allylic oxidation sites excluding steroid dienone is 2. The zero-order valence-corrected chi connectivity index (χ0v) is 13.7. The molecule has 0 radical (unpaired) electrons. The fraction of sp³-hybridized carbons (Fsp3) is 0.900. The first-order valence-corrected chi connectivity index (χ1v) is 9.25. The molecular formula is C20H32. The van der Waals surface area contributed by atoms with Crippen molar-refractivity contribution in [2.45, 2.75) is 72.1 Å². The standard InChI is InChI=1S/C20H32/c1-13-4-9-18-15(10-13)6-7-16-12-20(3)14(2)5-8-17(20)11-19(16)18/h5,13,15-19H,4,6-12H2,1-3H3/t13-,15+,16+,17-,18+,19+,20+/m1/s1. The van der Waals surface area contributed by atoms with E-state index in [9.17, 15) is 0 Å². The van der Waals surface area contributed by atoms with E-state index in [1.54, 1.807) is 37.7 Å². The van der Waals surface area contributed by atoms with E-state index in [4.69, 9.17) is 0 Å². The lowest BCUT2D eigenvalue weighted by Crippen LogP contribution is -2.46. The molecule has 0 aromatic rings. The molecule has 3 saturated carbocycles. The zero-order chi connectivity index (χ0) is 13.9. The summed E-state index contributed by atoms with van der Waals surface area (Å²) in [7, 11) is 0. The third-order valence-electron chi connectivity index (χ3n) is 8.12. The molecule has 7 atom stereocenters. The molecule has 0 saturated heterocycles. The quantitative estimate of drug-likeness (QED) is 0.487. The summed E-state index contributed by atoms with van der Waals surface area (Å²) in [5.74, 6) is 6.36. The van der Waals surface area contributed by atoms with Gasteiger partial charge in [0.1, 0.15) is 0 Å². The number of hydrogen-bond donors (Lipinski definition) is 0. The molecule has 0 heterocycles. The molecule has 0 nitrogen and oxygen atoms in total. The SMILES string of the molecule is CC1=CC[C@@H]2C[C@H]3[C@@H](CC[C@H]4C[C@H](C)CC[C@@H]43)C[C@@]12C. The van der Waals surface area contributed by atoms with Crippen molar-refractivity contribution >= 4 is 0 Å². The molecule has 0 heteroatoms. The Balaban J connectivity index is 1.56. The smallest absolute Gasteiger partial charge is 0.00851 e. The van der Waals surface area contributed by atoms with E-state index >= 15 is 0 Å². The van der Waals surface area contributed by atoms with Gasteiger partial charge in [0.25, 0.3) is 0 Å². The Morgan fingerprint density at radius 3 is 2.65 bits per heavy atom. The molecule has 4 aliphatic rings. The Hall–Kier alpha value is -0.260. The Morgan fingerprint density at radius 1 is 1.00 bits per heavy atom. The van der Waals surface area contributed by atoms with Crippen molar-refractivity contribution in [2.75, 3.05) is 0 Å². The molecule has 3 fully saturated rings. The van der Waals surface area contributed by atoms with Gasteiger partial charge in [-0.1, -0.05) is 31.9 Å². The number of rotatable bonds is 0. The average Bonchev–Trinajstić information content (AvgIpc) is 2.71. The van der Waals surface area contributed by atoms with Gasteiger partial charge in [-0.15, -0.1) is 0 Å². The van der Waals surface area contributed by atoms with Crippen LogP contribution in [0.15, 0.2) is 11.6 Å². The minimum atomic E-state index is 0.579. The van der Waals surface area contributed by atoms with Gasteiger partial charge < -0.3 is 0 Å². The molecule has 0 amide bonds. The number of fused-ring (bicyclic) bond motifs is 4. The molecule has 0 aromatic heterocycles. The van der Waals surface area contributed by atoms with Crippen LogP contribution in [0.5, 0.6) is 0 Å². The van der Waals surface area contributed by atoms with E-state index in [1.807, 2.05) is 0 Å². The Labute approximate surface area is 125 Å². The molecule has 4 aliphatic carbocycles. The lowest BCUT2D eigenvalue weighted by molar-refractivity contribution is -0.0365. The van der Waals surface area contributed by atoms with Crippen LogP contribution in [0.2, 0.25) is 0 Å². The van der Waals surface area contributed by atoms with Crippen LogP contribution in [-0.4, -0.2) is 0 Å². The molecule has 4 rings (SSSR count). The second-order valence-electron chi connectivity index (χ2n) is 9.02. The van der Waals surface area contributed by atoms with Gasteiger partial charge in [0.15, 0.2) is 0 Å². The van der Waals surface area contributed by atoms with E-state index in [0.29, 0.717) is 5.41 Å². The predicted octanol–water partition coefficient (Wildman–Crippen LogP) is 5.83. The van der Waals surface area contributed by atoms with Crippen molar-refractivity contribution in [1.29, 1.82) is 0 Å². The minimum absolute atomic E-state index is 0.579. The third kappa shape index (κ3) is 1.86. The topological polar surface area (TPSA) is 0 Å². The second kappa shape index (κ2) is 4.62. The highest BCUT2D eigenvalue weighted by Gasteiger charge is 2.52. The third-order valence-corrected chi connectivity index (χ3v) is 8.12. The predicted molar refractivity (Wildman–Crippen MR) is 85.4 cm³/mol. The van der Waals surface area contributed by atoms with Crippen LogP contribution < -0.4 is 0 Å².